The summed E-state index contributed by atoms with van der Waals surface area (Å²) in [5.41, 5.74) is 6.01. The molecule has 1 heterocycles. The normalized spacial score (nSPS) is 18.0. The molecule has 0 aliphatic carbocycles. The smallest absolute Gasteiger partial charge is 0.235 e. The summed E-state index contributed by atoms with van der Waals surface area (Å²) in [7, 11) is -3.16. The third-order valence-electron chi connectivity index (χ3n) is 2.86. The van der Waals surface area contributed by atoms with Crippen molar-refractivity contribution in [1.82, 2.24) is 0 Å². The fourth-order valence-electron chi connectivity index (χ4n) is 1.94. The third kappa shape index (κ3) is 3.57. The molecule has 7 heteroatoms. The van der Waals surface area contributed by atoms with Gasteiger partial charge >= 0.3 is 0 Å². The van der Waals surface area contributed by atoms with Crippen molar-refractivity contribution in [2.75, 3.05) is 23.2 Å². The van der Waals surface area contributed by atoms with Crippen molar-refractivity contribution in [3.8, 4) is 5.75 Å². The fraction of sp³-hybridized carbons (Fsp3) is 0.417. The van der Waals surface area contributed by atoms with Crippen LogP contribution < -0.4 is 14.8 Å². The van der Waals surface area contributed by atoms with Gasteiger partial charge < -0.3 is 10.5 Å². The lowest BCUT2D eigenvalue weighted by atomic mass is 10.2. The second-order valence-electron chi connectivity index (χ2n) is 4.34. The molecule has 0 aromatic heterocycles. The molecule has 1 saturated heterocycles. The quantitative estimate of drug-likeness (QED) is 0.848. The summed E-state index contributed by atoms with van der Waals surface area (Å²) < 4.78 is 30.7. The third-order valence-corrected chi connectivity index (χ3v) is 4.84. The van der Waals surface area contributed by atoms with Crippen molar-refractivity contribution in [3.05, 3.63) is 24.3 Å². The average molecular weight is 300 g/mol. The number of hydrogen-bond acceptors (Lipinski definition) is 4. The number of benzene rings is 1. The van der Waals surface area contributed by atoms with Crippen molar-refractivity contribution >= 4 is 32.9 Å². The molecule has 1 aliphatic rings. The van der Waals surface area contributed by atoms with Crippen LogP contribution in [0.15, 0.2) is 24.3 Å². The molecule has 0 spiro atoms. The van der Waals surface area contributed by atoms with Gasteiger partial charge in [-0.3, -0.25) is 4.31 Å². The maximum absolute atomic E-state index is 11.9. The molecule has 0 amide bonds. The predicted molar refractivity (Wildman–Crippen MR) is 79.1 cm³/mol. The summed E-state index contributed by atoms with van der Waals surface area (Å²) in [4.78, 5) is 0.280. The topological polar surface area (TPSA) is 72.6 Å². The van der Waals surface area contributed by atoms with Gasteiger partial charge in [-0.05, 0) is 37.1 Å². The Balaban J connectivity index is 2.11. The monoisotopic (exact) mass is 300 g/mol. The Morgan fingerprint density at radius 1 is 1.32 bits per heavy atom. The summed E-state index contributed by atoms with van der Waals surface area (Å²) in [5.74, 6) is 0.832. The Morgan fingerprint density at radius 2 is 2.00 bits per heavy atom. The van der Waals surface area contributed by atoms with Crippen LogP contribution in [0.1, 0.15) is 12.8 Å². The first-order chi connectivity index (χ1) is 8.99. The molecule has 104 valence electrons. The van der Waals surface area contributed by atoms with E-state index in [1.807, 2.05) is 0 Å². The van der Waals surface area contributed by atoms with E-state index in [-0.39, 0.29) is 17.3 Å². The summed E-state index contributed by atoms with van der Waals surface area (Å²) in [6.45, 7) is 0.714. The van der Waals surface area contributed by atoms with Crippen molar-refractivity contribution in [1.29, 1.82) is 0 Å². The lowest BCUT2D eigenvalue weighted by Gasteiger charge is -2.28. The Morgan fingerprint density at radius 3 is 2.58 bits per heavy atom. The van der Waals surface area contributed by atoms with Gasteiger partial charge in [0.1, 0.15) is 17.3 Å². The molecule has 0 bridgehead atoms. The predicted octanol–water partition coefficient (Wildman–Crippen LogP) is 1.28. The average Bonchev–Trinajstić information content (AvgIpc) is 2.37. The largest absolute Gasteiger partial charge is 0.487 e. The highest BCUT2D eigenvalue weighted by molar-refractivity contribution is 7.92. The molecule has 5 nitrogen and oxygen atoms in total. The number of nitrogens with zero attached hydrogens (tertiary/aromatic N) is 1. The van der Waals surface area contributed by atoms with Crippen LogP contribution >= 0.6 is 12.2 Å². The Labute approximate surface area is 118 Å². The number of nitrogens with two attached hydrogens (primary N) is 1. The van der Waals surface area contributed by atoms with E-state index in [1.54, 1.807) is 24.3 Å². The van der Waals surface area contributed by atoms with E-state index in [1.165, 1.54) is 4.31 Å². The summed E-state index contributed by atoms with van der Waals surface area (Å²) in [5, 5.41) is 0. The van der Waals surface area contributed by atoms with E-state index < -0.39 is 10.0 Å². The van der Waals surface area contributed by atoms with E-state index >= 15 is 0 Å². The SMILES string of the molecule is NC(=S)COc1ccc(N2CCCCS2(=O)=O)cc1. The molecule has 1 fully saturated rings. The molecule has 19 heavy (non-hydrogen) atoms. The minimum absolute atomic E-state index is 0.177. The highest BCUT2D eigenvalue weighted by atomic mass is 32.2. The molecule has 2 rings (SSSR count). The molecule has 0 saturated carbocycles. The van der Waals surface area contributed by atoms with Crippen molar-refractivity contribution < 1.29 is 13.2 Å². The zero-order valence-electron chi connectivity index (χ0n) is 10.4. The molecule has 1 aromatic carbocycles. The molecule has 1 aliphatic heterocycles. The number of sulfonamides is 1. The van der Waals surface area contributed by atoms with Gasteiger partial charge in [0.2, 0.25) is 10.0 Å². The maximum Gasteiger partial charge on any atom is 0.235 e. The first-order valence-corrected chi connectivity index (χ1v) is 8.02. The van der Waals surface area contributed by atoms with E-state index in [2.05, 4.69) is 0 Å². The Hall–Kier alpha value is -1.34. The molecule has 0 radical (unpaired) electrons. The summed E-state index contributed by atoms with van der Waals surface area (Å²) in [6.07, 6.45) is 1.62. The minimum atomic E-state index is -3.16. The molecular weight excluding hydrogens is 284 g/mol. The number of hydrogen-bond donors (Lipinski definition) is 1. The van der Waals surface area contributed by atoms with E-state index in [0.717, 1.165) is 12.8 Å². The number of thiocarbonyl (C=S) groups is 1. The van der Waals surface area contributed by atoms with E-state index in [4.69, 9.17) is 22.7 Å². The first-order valence-electron chi connectivity index (χ1n) is 6.00. The van der Waals surface area contributed by atoms with Crippen LogP contribution in [0.5, 0.6) is 5.75 Å². The van der Waals surface area contributed by atoms with Crippen LogP contribution in [0.25, 0.3) is 0 Å². The van der Waals surface area contributed by atoms with E-state index in [9.17, 15) is 8.42 Å². The van der Waals surface area contributed by atoms with Crippen molar-refractivity contribution in [3.63, 3.8) is 0 Å². The molecule has 1 aromatic rings. The van der Waals surface area contributed by atoms with Gasteiger partial charge in [-0.25, -0.2) is 8.42 Å². The van der Waals surface area contributed by atoms with Crippen LogP contribution in [0.2, 0.25) is 0 Å². The van der Waals surface area contributed by atoms with Crippen LogP contribution in [-0.4, -0.2) is 32.3 Å². The van der Waals surface area contributed by atoms with Crippen molar-refractivity contribution in [2.24, 2.45) is 5.73 Å². The number of anilines is 1. The van der Waals surface area contributed by atoms with Crippen molar-refractivity contribution in [2.45, 2.75) is 12.8 Å². The molecule has 0 unspecified atom stereocenters. The van der Waals surface area contributed by atoms with E-state index in [0.29, 0.717) is 18.0 Å². The standard InChI is InChI=1S/C12H16N2O3S2/c13-12(18)9-17-11-5-3-10(4-6-11)14-7-1-2-8-19(14,15)16/h3-6H,1-2,7-9H2,(H2,13,18). The summed E-state index contributed by atoms with van der Waals surface area (Å²) >= 11 is 4.72. The minimum Gasteiger partial charge on any atom is -0.487 e. The first kappa shape index (κ1) is 14.1. The zero-order valence-corrected chi connectivity index (χ0v) is 12.0. The Bertz CT molecular complexity index is 555. The highest BCUT2D eigenvalue weighted by Crippen LogP contribution is 2.25. The molecule has 0 atom stereocenters. The van der Waals surface area contributed by atoms with Gasteiger partial charge in [-0.1, -0.05) is 12.2 Å². The van der Waals surface area contributed by atoms with Crippen LogP contribution in [0.3, 0.4) is 0 Å². The van der Waals surface area contributed by atoms with Crippen LogP contribution in [0, 0.1) is 0 Å². The number of ether oxygens (including phenoxy) is 1. The van der Waals surface area contributed by atoms with Gasteiger partial charge in [0.15, 0.2) is 0 Å². The lowest BCUT2D eigenvalue weighted by Crippen LogP contribution is -2.37. The molecule has 2 N–H and O–H groups in total. The molecular formula is C12H16N2O3S2. The van der Waals surface area contributed by atoms with Crippen LogP contribution in [-0.2, 0) is 10.0 Å². The number of rotatable bonds is 4. The van der Waals surface area contributed by atoms with Gasteiger partial charge in [-0.2, -0.15) is 0 Å². The Kier molecular flexibility index (Phi) is 4.26. The summed E-state index contributed by atoms with van der Waals surface area (Å²) in [6, 6.07) is 6.91. The lowest BCUT2D eigenvalue weighted by molar-refractivity contribution is 0.377. The van der Waals surface area contributed by atoms with Gasteiger partial charge in [0.05, 0.1) is 11.4 Å². The van der Waals surface area contributed by atoms with Crippen LogP contribution in [0.4, 0.5) is 5.69 Å². The van der Waals surface area contributed by atoms with Gasteiger partial charge in [-0.15, -0.1) is 0 Å². The maximum atomic E-state index is 11.9. The second kappa shape index (κ2) is 5.75. The van der Waals surface area contributed by atoms with Gasteiger partial charge in [0.25, 0.3) is 0 Å². The zero-order chi connectivity index (χ0) is 13.9. The highest BCUT2D eigenvalue weighted by Gasteiger charge is 2.25. The fourth-order valence-corrected chi connectivity index (χ4v) is 3.64. The van der Waals surface area contributed by atoms with Gasteiger partial charge in [0, 0.05) is 6.54 Å². The second-order valence-corrected chi connectivity index (χ2v) is 6.88.